The van der Waals surface area contributed by atoms with Crippen molar-refractivity contribution in [2.24, 2.45) is 0 Å². The number of hydrogen-bond acceptors (Lipinski definition) is 4. The number of rotatable bonds is 8. The molecule has 20 heavy (non-hydrogen) atoms. The molecule has 0 fully saturated rings. The van der Waals surface area contributed by atoms with Gasteiger partial charge in [-0.05, 0) is 6.07 Å². The molecule has 2 N–H and O–H groups in total. The first-order valence-corrected chi connectivity index (χ1v) is 6.27. The van der Waals surface area contributed by atoms with E-state index in [4.69, 9.17) is 14.3 Å². The summed E-state index contributed by atoms with van der Waals surface area (Å²) < 4.78 is 10.3. The van der Waals surface area contributed by atoms with E-state index in [1.165, 1.54) is 18.4 Å². The molecule has 1 aromatic rings. The van der Waals surface area contributed by atoms with Crippen LogP contribution in [0, 0.1) is 0 Å². The molecule has 0 saturated carbocycles. The molecule has 1 amide bonds. The lowest BCUT2D eigenvalue weighted by Gasteiger charge is -2.14. The standard InChI is InChI=1S/C14H19NO5/c1-4-6-19-8-11(14(17)18)15-13(16)10-5-7-20-12(10)9(2)3/h4-5,7,9,11H,1,6,8H2,2-3H3,(H,15,16)(H,17,18). The fourth-order valence-electron chi connectivity index (χ4n) is 1.64. The smallest absolute Gasteiger partial charge is 0.328 e. The van der Waals surface area contributed by atoms with Crippen LogP contribution in [-0.4, -0.2) is 36.2 Å². The van der Waals surface area contributed by atoms with Gasteiger partial charge in [-0.3, -0.25) is 4.79 Å². The number of nitrogens with one attached hydrogen (secondary N) is 1. The van der Waals surface area contributed by atoms with Gasteiger partial charge >= 0.3 is 5.97 Å². The van der Waals surface area contributed by atoms with Crippen molar-refractivity contribution >= 4 is 11.9 Å². The molecular weight excluding hydrogens is 262 g/mol. The van der Waals surface area contributed by atoms with Crippen molar-refractivity contribution in [3.05, 3.63) is 36.3 Å². The highest BCUT2D eigenvalue weighted by atomic mass is 16.5. The molecule has 0 radical (unpaired) electrons. The van der Waals surface area contributed by atoms with Gasteiger partial charge in [0.25, 0.3) is 5.91 Å². The second-order valence-electron chi connectivity index (χ2n) is 4.54. The predicted octanol–water partition coefficient (Wildman–Crippen LogP) is 1.79. The predicted molar refractivity (Wildman–Crippen MR) is 72.7 cm³/mol. The zero-order valence-electron chi connectivity index (χ0n) is 11.6. The van der Waals surface area contributed by atoms with Crippen LogP contribution in [-0.2, 0) is 9.53 Å². The second-order valence-corrected chi connectivity index (χ2v) is 4.54. The molecular formula is C14H19NO5. The lowest BCUT2D eigenvalue weighted by Crippen LogP contribution is -2.44. The summed E-state index contributed by atoms with van der Waals surface area (Å²) in [5, 5.41) is 11.5. The number of carbonyl (C=O) groups excluding carboxylic acids is 1. The van der Waals surface area contributed by atoms with Crippen molar-refractivity contribution in [3.63, 3.8) is 0 Å². The third-order valence-corrected chi connectivity index (χ3v) is 2.59. The molecule has 1 atom stereocenters. The molecule has 1 aromatic heterocycles. The van der Waals surface area contributed by atoms with Crippen molar-refractivity contribution < 1.29 is 23.8 Å². The molecule has 6 nitrogen and oxygen atoms in total. The Morgan fingerprint density at radius 1 is 1.55 bits per heavy atom. The maximum Gasteiger partial charge on any atom is 0.328 e. The van der Waals surface area contributed by atoms with Crippen molar-refractivity contribution in [1.29, 1.82) is 0 Å². The van der Waals surface area contributed by atoms with E-state index in [1.54, 1.807) is 0 Å². The van der Waals surface area contributed by atoms with E-state index in [-0.39, 0.29) is 19.1 Å². The third-order valence-electron chi connectivity index (χ3n) is 2.59. The lowest BCUT2D eigenvalue weighted by atomic mass is 10.1. The van der Waals surface area contributed by atoms with Gasteiger partial charge < -0.3 is 19.6 Å². The summed E-state index contributed by atoms with van der Waals surface area (Å²) in [5.41, 5.74) is 0.343. The normalized spacial score (nSPS) is 12.2. The third kappa shape index (κ3) is 4.24. The first kappa shape index (κ1) is 16.0. The number of ether oxygens (including phenoxy) is 1. The molecule has 0 aliphatic rings. The quantitative estimate of drug-likeness (QED) is 0.560. The topological polar surface area (TPSA) is 88.8 Å². The first-order valence-electron chi connectivity index (χ1n) is 6.27. The number of aliphatic carboxylic acids is 1. The van der Waals surface area contributed by atoms with E-state index in [0.29, 0.717) is 11.3 Å². The number of carboxylic acid groups (broad SMARTS) is 1. The highest BCUT2D eigenvalue weighted by Gasteiger charge is 2.24. The zero-order valence-corrected chi connectivity index (χ0v) is 11.6. The largest absolute Gasteiger partial charge is 0.480 e. The average molecular weight is 281 g/mol. The van der Waals surface area contributed by atoms with E-state index in [2.05, 4.69) is 11.9 Å². The molecule has 110 valence electrons. The number of amides is 1. The van der Waals surface area contributed by atoms with Crippen molar-refractivity contribution in [3.8, 4) is 0 Å². The highest BCUT2D eigenvalue weighted by Crippen LogP contribution is 2.20. The molecule has 0 aliphatic carbocycles. The Morgan fingerprint density at radius 3 is 2.80 bits per heavy atom. The molecule has 0 spiro atoms. The van der Waals surface area contributed by atoms with Gasteiger partial charge in [-0.25, -0.2) is 4.79 Å². The Hall–Kier alpha value is -2.08. The summed E-state index contributed by atoms with van der Waals surface area (Å²) in [4.78, 5) is 23.1. The van der Waals surface area contributed by atoms with Gasteiger partial charge in [0.2, 0.25) is 0 Å². The molecule has 0 bridgehead atoms. The van der Waals surface area contributed by atoms with Crippen molar-refractivity contribution in [2.45, 2.75) is 25.8 Å². The van der Waals surface area contributed by atoms with Gasteiger partial charge in [0.1, 0.15) is 5.76 Å². The maximum absolute atomic E-state index is 12.1. The van der Waals surface area contributed by atoms with Crippen LogP contribution in [0.1, 0.15) is 35.9 Å². The van der Waals surface area contributed by atoms with Crippen LogP contribution in [0.25, 0.3) is 0 Å². The van der Waals surface area contributed by atoms with Gasteiger partial charge in [0.15, 0.2) is 6.04 Å². The number of hydrogen-bond donors (Lipinski definition) is 2. The Bertz CT molecular complexity index is 478. The van der Waals surface area contributed by atoms with Crippen molar-refractivity contribution in [1.82, 2.24) is 5.32 Å². The summed E-state index contributed by atoms with van der Waals surface area (Å²) >= 11 is 0. The summed E-state index contributed by atoms with van der Waals surface area (Å²) in [5.74, 6) is -1.08. The van der Waals surface area contributed by atoms with E-state index < -0.39 is 17.9 Å². The summed E-state index contributed by atoms with van der Waals surface area (Å²) in [6.07, 6.45) is 2.92. The van der Waals surface area contributed by atoms with Crippen LogP contribution in [0.4, 0.5) is 0 Å². The van der Waals surface area contributed by atoms with Crippen LogP contribution in [0.3, 0.4) is 0 Å². The molecule has 0 aliphatic heterocycles. The fourth-order valence-corrected chi connectivity index (χ4v) is 1.64. The fraction of sp³-hybridized carbons (Fsp3) is 0.429. The summed E-state index contributed by atoms with van der Waals surface area (Å²) in [6.45, 7) is 7.34. The first-order chi connectivity index (χ1) is 9.47. The summed E-state index contributed by atoms with van der Waals surface area (Å²) in [6, 6.07) is 0.408. The van der Waals surface area contributed by atoms with Crippen LogP contribution < -0.4 is 5.32 Å². The minimum atomic E-state index is -1.16. The van der Waals surface area contributed by atoms with E-state index in [1.807, 2.05) is 13.8 Å². The zero-order chi connectivity index (χ0) is 15.1. The van der Waals surface area contributed by atoms with Crippen LogP contribution in [0.5, 0.6) is 0 Å². The van der Waals surface area contributed by atoms with E-state index >= 15 is 0 Å². The van der Waals surface area contributed by atoms with Gasteiger partial charge in [0.05, 0.1) is 25.0 Å². The van der Waals surface area contributed by atoms with Gasteiger partial charge in [-0.2, -0.15) is 0 Å². The Labute approximate surface area is 117 Å². The minimum absolute atomic E-state index is 0.0334. The van der Waals surface area contributed by atoms with Gasteiger partial charge in [-0.1, -0.05) is 19.9 Å². The van der Waals surface area contributed by atoms with Crippen molar-refractivity contribution in [2.75, 3.05) is 13.2 Å². The second kappa shape index (κ2) is 7.49. The monoisotopic (exact) mass is 281 g/mol. The number of carbonyl (C=O) groups is 2. The lowest BCUT2D eigenvalue weighted by molar-refractivity contribution is -0.140. The Balaban J connectivity index is 2.72. The number of carboxylic acids is 1. The van der Waals surface area contributed by atoms with Crippen LogP contribution in [0.15, 0.2) is 29.4 Å². The molecule has 1 rings (SSSR count). The molecule has 1 unspecified atom stereocenters. The maximum atomic E-state index is 12.1. The van der Waals surface area contributed by atoms with Crippen LogP contribution >= 0.6 is 0 Å². The molecule has 1 heterocycles. The SMILES string of the molecule is C=CCOCC(NC(=O)c1ccoc1C(C)C)C(=O)O. The van der Waals surface area contributed by atoms with Crippen LogP contribution in [0.2, 0.25) is 0 Å². The molecule has 6 heteroatoms. The Kier molecular flexibility index (Phi) is 5.99. The molecule has 0 aromatic carbocycles. The Morgan fingerprint density at radius 2 is 2.25 bits per heavy atom. The average Bonchev–Trinajstić information content (AvgIpc) is 2.86. The van der Waals surface area contributed by atoms with E-state index in [0.717, 1.165) is 0 Å². The van der Waals surface area contributed by atoms with Gasteiger partial charge in [-0.15, -0.1) is 6.58 Å². The highest BCUT2D eigenvalue weighted by molar-refractivity contribution is 5.97. The van der Waals surface area contributed by atoms with Gasteiger partial charge in [0, 0.05) is 5.92 Å². The number of furan rings is 1. The van der Waals surface area contributed by atoms with E-state index in [9.17, 15) is 9.59 Å². The minimum Gasteiger partial charge on any atom is -0.480 e. The molecule has 0 saturated heterocycles. The summed E-state index contributed by atoms with van der Waals surface area (Å²) in [7, 11) is 0.